The van der Waals surface area contributed by atoms with Crippen molar-refractivity contribution in [1.29, 1.82) is 0 Å². The van der Waals surface area contributed by atoms with Crippen molar-refractivity contribution in [1.82, 2.24) is 25.3 Å². The standard InChI is InChI=1S/C16H24N6O/c1-4-5-6-16(23)18-10-9-17-14-7-8-15(20-19-14)22-13(3)11-12(2)21-22/h7-8,11H,4-6,9-10H2,1-3H3,(H,17,19)(H,18,23). The second-order valence-electron chi connectivity index (χ2n) is 5.50. The number of rotatable bonds is 8. The van der Waals surface area contributed by atoms with Crippen LogP contribution in [0.25, 0.3) is 5.82 Å². The zero-order valence-corrected chi connectivity index (χ0v) is 14.0. The summed E-state index contributed by atoms with van der Waals surface area (Å²) in [7, 11) is 0. The minimum atomic E-state index is 0.0969. The van der Waals surface area contributed by atoms with E-state index in [9.17, 15) is 4.79 Å². The predicted octanol–water partition coefficient (Wildman–Crippen LogP) is 2.00. The summed E-state index contributed by atoms with van der Waals surface area (Å²) in [6, 6.07) is 5.72. The molecule has 0 atom stereocenters. The summed E-state index contributed by atoms with van der Waals surface area (Å²) in [6.45, 7) is 7.19. The third-order valence-corrected chi connectivity index (χ3v) is 3.39. The first kappa shape index (κ1) is 16.9. The predicted molar refractivity (Wildman–Crippen MR) is 89.7 cm³/mol. The molecule has 0 radical (unpaired) electrons. The Morgan fingerprint density at radius 3 is 2.65 bits per heavy atom. The molecule has 124 valence electrons. The van der Waals surface area contributed by atoms with E-state index in [1.165, 1.54) is 0 Å². The lowest BCUT2D eigenvalue weighted by atomic mass is 10.2. The molecule has 0 aromatic carbocycles. The summed E-state index contributed by atoms with van der Waals surface area (Å²) < 4.78 is 1.76. The SMILES string of the molecule is CCCCC(=O)NCCNc1ccc(-n2nc(C)cc2C)nn1. The van der Waals surface area contributed by atoms with Gasteiger partial charge in [0.15, 0.2) is 5.82 Å². The molecule has 2 heterocycles. The van der Waals surface area contributed by atoms with E-state index < -0.39 is 0 Å². The molecule has 0 saturated carbocycles. The number of nitrogens with zero attached hydrogens (tertiary/aromatic N) is 4. The molecule has 7 heteroatoms. The number of aryl methyl sites for hydroxylation is 2. The fourth-order valence-electron chi connectivity index (χ4n) is 2.21. The molecule has 2 rings (SSSR count). The molecule has 0 fully saturated rings. The summed E-state index contributed by atoms with van der Waals surface area (Å²) in [5.41, 5.74) is 1.97. The summed E-state index contributed by atoms with van der Waals surface area (Å²) >= 11 is 0. The Bertz CT molecular complexity index is 635. The molecular formula is C16H24N6O. The zero-order chi connectivity index (χ0) is 16.7. The summed E-state index contributed by atoms with van der Waals surface area (Å²) in [5.74, 6) is 1.46. The van der Waals surface area contributed by atoms with Crippen molar-refractivity contribution >= 4 is 11.7 Å². The molecule has 0 unspecified atom stereocenters. The van der Waals surface area contributed by atoms with Crippen molar-refractivity contribution in [3.63, 3.8) is 0 Å². The Labute approximate surface area is 136 Å². The van der Waals surface area contributed by atoms with Crippen molar-refractivity contribution in [2.75, 3.05) is 18.4 Å². The van der Waals surface area contributed by atoms with Crippen LogP contribution in [0, 0.1) is 13.8 Å². The van der Waals surface area contributed by atoms with Crippen LogP contribution in [0.5, 0.6) is 0 Å². The number of hydrogen-bond acceptors (Lipinski definition) is 5. The summed E-state index contributed by atoms with van der Waals surface area (Å²) in [4.78, 5) is 11.5. The normalized spacial score (nSPS) is 10.6. The average Bonchev–Trinajstić information content (AvgIpc) is 2.88. The molecular weight excluding hydrogens is 292 g/mol. The van der Waals surface area contributed by atoms with Gasteiger partial charge in [0.25, 0.3) is 0 Å². The van der Waals surface area contributed by atoms with Crippen LogP contribution in [0.15, 0.2) is 18.2 Å². The van der Waals surface area contributed by atoms with Gasteiger partial charge in [0.1, 0.15) is 5.82 Å². The minimum absolute atomic E-state index is 0.0969. The molecule has 2 aromatic heterocycles. The van der Waals surface area contributed by atoms with Crippen LogP contribution in [0.2, 0.25) is 0 Å². The van der Waals surface area contributed by atoms with Gasteiger partial charge in [-0.15, -0.1) is 10.2 Å². The first-order valence-electron chi connectivity index (χ1n) is 7.98. The zero-order valence-electron chi connectivity index (χ0n) is 14.0. The highest BCUT2D eigenvalue weighted by Gasteiger charge is 2.05. The van der Waals surface area contributed by atoms with Crippen molar-refractivity contribution in [3.05, 3.63) is 29.6 Å². The smallest absolute Gasteiger partial charge is 0.220 e. The lowest BCUT2D eigenvalue weighted by Gasteiger charge is -2.08. The van der Waals surface area contributed by atoms with Gasteiger partial charge in [0.2, 0.25) is 5.91 Å². The van der Waals surface area contributed by atoms with Gasteiger partial charge in [-0.3, -0.25) is 4.79 Å². The number of amides is 1. The maximum absolute atomic E-state index is 11.5. The topological polar surface area (TPSA) is 84.7 Å². The van der Waals surface area contributed by atoms with Crippen LogP contribution in [-0.2, 0) is 4.79 Å². The molecule has 0 bridgehead atoms. The molecule has 0 aliphatic rings. The third-order valence-electron chi connectivity index (χ3n) is 3.39. The van der Waals surface area contributed by atoms with Crippen molar-refractivity contribution < 1.29 is 4.79 Å². The summed E-state index contributed by atoms with van der Waals surface area (Å²) in [6.07, 6.45) is 2.55. The Balaban J connectivity index is 1.79. The maximum atomic E-state index is 11.5. The van der Waals surface area contributed by atoms with E-state index in [0.29, 0.717) is 31.1 Å². The van der Waals surface area contributed by atoms with Gasteiger partial charge in [0, 0.05) is 25.2 Å². The lowest BCUT2D eigenvalue weighted by molar-refractivity contribution is -0.121. The van der Waals surface area contributed by atoms with E-state index in [4.69, 9.17) is 0 Å². The molecule has 2 aromatic rings. The highest BCUT2D eigenvalue weighted by atomic mass is 16.1. The monoisotopic (exact) mass is 316 g/mol. The number of aromatic nitrogens is 4. The van der Waals surface area contributed by atoms with Crippen LogP contribution in [0.1, 0.15) is 37.6 Å². The first-order chi connectivity index (χ1) is 11.1. The number of unbranched alkanes of at least 4 members (excludes halogenated alkanes) is 1. The second kappa shape index (κ2) is 8.26. The Morgan fingerprint density at radius 2 is 2.04 bits per heavy atom. The van der Waals surface area contributed by atoms with Gasteiger partial charge in [-0.1, -0.05) is 13.3 Å². The number of carbonyl (C=O) groups is 1. The Hall–Kier alpha value is -2.44. The second-order valence-corrected chi connectivity index (χ2v) is 5.50. The molecule has 0 spiro atoms. The highest BCUT2D eigenvalue weighted by molar-refractivity contribution is 5.75. The quantitative estimate of drug-likeness (QED) is 0.728. The van der Waals surface area contributed by atoms with E-state index in [0.717, 1.165) is 24.2 Å². The van der Waals surface area contributed by atoms with Crippen molar-refractivity contribution in [2.45, 2.75) is 40.0 Å². The summed E-state index contributed by atoms with van der Waals surface area (Å²) in [5, 5.41) is 18.7. The van der Waals surface area contributed by atoms with E-state index in [-0.39, 0.29) is 5.91 Å². The number of anilines is 1. The van der Waals surface area contributed by atoms with Crippen molar-refractivity contribution in [3.8, 4) is 5.82 Å². The largest absolute Gasteiger partial charge is 0.367 e. The molecule has 1 amide bonds. The van der Waals surface area contributed by atoms with Gasteiger partial charge in [-0.25, -0.2) is 4.68 Å². The van der Waals surface area contributed by atoms with Crippen LogP contribution in [-0.4, -0.2) is 39.0 Å². The van der Waals surface area contributed by atoms with Gasteiger partial charge in [-0.05, 0) is 38.5 Å². The molecule has 2 N–H and O–H groups in total. The van der Waals surface area contributed by atoms with Crippen LogP contribution < -0.4 is 10.6 Å². The fraction of sp³-hybridized carbons (Fsp3) is 0.500. The number of nitrogens with one attached hydrogen (secondary N) is 2. The maximum Gasteiger partial charge on any atom is 0.220 e. The Kier molecular flexibility index (Phi) is 6.08. The molecule has 0 aliphatic carbocycles. The minimum Gasteiger partial charge on any atom is -0.367 e. The van der Waals surface area contributed by atoms with Crippen LogP contribution in [0.4, 0.5) is 5.82 Å². The van der Waals surface area contributed by atoms with Crippen LogP contribution >= 0.6 is 0 Å². The van der Waals surface area contributed by atoms with E-state index in [2.05, 4.69) is 32.9 Å². The number of carbonyl (C=O) groups excluding carboxylic acids is 1. The number of hydrogen-bond donors (Lipinski definition) is 2. The van der Waals surface area contributed by atoms with Gasteiger partial charge >= 0.3 is 0 Å². The van der Waals surface area contributed by atoms with E-state index in [1.807, 2.05) is 32.0 Å². The highest BCUT2D eigenvalue weighted by Crippen LogP contribution is 2.10. The fourth-order valence-corrected chi connectivity index (χ4v) is 2.21. The van der Waals surface area contributed by atoms with E-state index in [1.54, 1.807) is 4.68 Å². The van der Waals surface area contributed by atoms with E-state index >= 15 is 0 Å². The molecule has 23 heavy (non-hydrogen) atoms. The molecule has 7 nitrogen and oxygen atoms in total. The van der Waals surface area contributed by atoms with Crippen LogP contribution in [0.3, 0.4) is 0 Å². The molecule has 0 saturated heterocycles. The van der Waals surface area contributed by atoms with Gasteiger partial charge in [-0.2, -0.15) is 5.10 Å². The average molecular weight is 316 g/mol. The first-order valence-corrected chi connectivity index (χ1v) is 7.98. The molecule has 0 aliphatic heterocycles. The Morgan fingerprint density at radius 1 is 1.22 bits per heavy atom. The van der Waals surface area contributed by atoms with Crippen molar-refractivity contribution in [2.24, 2.45) is 0 Å². The lowest BCUT2D eigenvalue weighted by Crippen LogP contribution is -2.28. The third kappa shape index (κ3) is 5.05. The van der Waals surface area contributed by atoms with Gasteiger partial charge in [0.05, 0.1) is 5.69 Å². The van der Waals surface area contributed by atoms with Gasteiger partial charge < -0.3 is 10.6 Å².